The number of benzene rings is 2. The maximum Gasteiger partial charge on any atom is 0.199 e. The lowest BCUT2D eigenvalue weighted by molar-refractivity contribution is 0.112. The lowest BCUT2D eigenvalue weighted by Gasteiger charge is -2.13. The average molecular weight is 362 g/mol. The molecule has 0 atom stereocenters. The molecule has 0 unspecified atom stereocenters. The van der Waals surface area contributed by atoms with Crippen molar-refractivity contribution in [3.05, 3.63) is 51.9 Å². The molecule has 27 heavy (non-hydrogen) atoms. The number of aryl methyl sites for hydroxylation is 1. The molecule has 0 saturated carbocycles. The number of hydrogen-bond donors (Lipinski definition) is 1. The summed E-state index contributed by atoms with van der Waals surface area (Å²) < 4.78 is 2.01. The van der Waals surface area contributed by atoms with Gasteiger partial charge in [0.15, 0.2) is 5.43 Å². The van der Waals surface area contributed by atoms with E-state index in [9.17, 15) is 9.59 Å². The summed E-state index contributed by atoms with van der Waals surface area (Å²) in [6.45, 7) is 3.68. The van der Waals surface area contributed by atoms with Crippen molar-refractivity contribution in [1.82, 2.24) is 14.3 Å². The Morgan fingerprint density at radius 2 is 2.04 bits per heavy atom. The lowest BCUT2D eigenvalue weighted by Crippen LogP contribution is -2.17. The first-order valence-electron chi connectivity index (χ1n) is 9.06. The standard InChI is InChI=1S/C21H22N4O2/c1-13-23-17-7-6-16(22-9-4-10-24(2)3)19-20(17)25(13)18-8-5-14(12-26)11-15(18)21(19)27/h5-8,11-12,22H,4,9-10H2,1-3H3. The van der Waals surface area contributed by atoms with Crippen molar-refractivity contribution in [2.45, 2.75) is 13.3 Å². The molecule has 0 amide bonds. The second-order valence-electron chi connectivity index (χ2n) is 7.16. The van der Waals surface area contributed by atoms with E-state index in [0.717, 1.165) is 53.9 Å². The fourth-order valence-corrected chi connectivity index (χ4v) is 3.71. The van der Waals surface area contributed by atoms with Crippen LogP contribution in [-0.2, 0) is 0 Å². The van der Waals surface area contributed by atoms with E-state index >= 15 is 0 Å². The summed E-state index contributed by atoms with van der Waals surface area (Å²) in [5.74, 6) is 0.823. The quantitative estimate of drug-likeness (QED) is 0.325. The second-order valence-corrected chi connectivity index (χ2v) is 7.16. The minimum Gasteiger partial charge on any atom is -0.384 e. The summed E-state index contributed by atoms with van der Waals surface area (Å²) in [7, 11) is 4.09. The molecule has 138 valence electrons. The van der Waals surface area contributed by atoms with Crippen LogP contribution in [0.4, 0.5) is 5.69 Å². The maximum atomic E-state index is 13.3. The SMILES string of the molecule is Cc1nc2ccc(NCCCN(C)C)c3c(=O)c4cc(C=O)ccc4n1c23. The average Bonchev–Trinajstić information content (AvgIpc) is 2.99. The Morgan fingerprint density at radius 3 is 2.78 bits per heavy atom. The van der Waals surface area contributed by atoms with Crippen LogP contribution in [0.1, 0.15) is 22.6 Å². The van der Waals surface area contributed by atoms with Crippen molar-refractivity contribution >= 4 is 39.3 Å². The first-order chi connectivity index (χ1) is 13.0. The molecule has 1 N–H and O–H groups in total. The van der Waals surface area contributed by atoms with Gasteiger partial charge in [-0.15, -0.1) is 0 Å². The van der Waals surface area contributed by atoms with Gasteiger partial charge in [-0.2, -0.15) is 0 Å². The summed E-state index contributed by atoms with van der Waals surface area (Å²) in [4.78, 5) is 31.3. The molecule has 6 nitrogen and oxygen atoms in total. The molecular weight excluding hydrogens is 340 g/mol. The largest absolute Gasteiger partial charge is 0.384 e. The molecule has 2 aromatic carbocycles. The number of aldehydes is 1. The number of pyridine rings is 1. The molecule has 0 radical (unpaired) electrons. The molecule has 0 aliphatic carbocycles. The summed E-state index contributed by atoms with van der Waals surface area (Å²) >= 11 is 0. The Hall–Kier alpha value is -2.99. The van der Waals surface area contributed by atoms with Crippen LogP contribution in [-0.4, -0.2) is 47.8 Å². The first-order valence-corrected chi connectivity index (χ1v) is 9.06. The third-order valence-corrected chi connectivity index (χ3v) is 4.95. The molecule has 4 rings (SSSR count). The number of nitrogens with one attached hydrogen (secondary N) is 1. The van der Waals surface area contributed by atoms with E-state index < -0.39 is 0 Å². The van der Waals surface area contributed by atoms with Gasteiger partial charge in [-0.25, -0.2) is 4.98 Å². The predicted molar refractivity (Wildman–Crippen MR) is 109 cm³/mol. The van der Waals surface area contributed by atoms with E-state index in [-0.39, 0.29) is 5.43 Å². The van der Waals surface area contributed by atoms with E-state index in [1.54, 1.807) is 12.1 Å². The van der Waals surface area contributed by atoms with Crippen LogP contribution >= 0.6 is 0 Å². The number of carbonyl (C=O) groups excluding carboxylic acids is 1. The van der Waals surface area contributed by atoms with Gasteiger partial charge in [0, 0.05) is 23.2 Å². The van der Waals surface area contributed by atoms with Crippen LogP contribution in [0.5, 0.6) is 0 Å². The fraction of sp³-hybridized carbons (Fsp3) is 0.286. The maximum absolute atomic E-state index is 13.3. The molecule has 0 fully saturated rings. The first kappa shape index (κ1) is 17.4. The lowest BCUT2D eigenvalue weighted by atomic mass is 10.1. The Labute approximate surface area is 156 Å². The third-order valence-electron chi connectivity index (χ3n) is 4.95. The van der Waals surface area contributed by atoms with Crippen molar-refractivity contribution in [3.63, 3.8) is 0 Å². The highest BCUT2D eigenvalue weighted by Gasteiger charge is 2.18. The Bertz CT molecular complexity index is 1210. The van der Waals surface area contributed by atoms with Gasteiger partial charge in [0.05, 0.1) is 21.9 Å². The summed E-state index contributed by atoms with van der Waals surface area (Å²) in [6.07, 6.45) is 1.74. The normalized spacial score (nSPS) is 11.9. The molecule has 0 bridgehead atoms. The summed E-state index contributed by atoms with van der Waals surface area (Å²) in [5, 5.41) is 4.59. The van der Waals surface area contributed by atoms with E-state index in [1.165, 1.54) is 0 Å². The third kappa shape index (κ3) is 2.82. The van der Waals surface area contributed by atoms with Crippen LogP contribution in [0.25, 0.3) is 27.3 Å². The van der Waals surface area contributed by atoms with Gasteiger partial charge in [0.2, 0.25) is 0 Å². The highest BCUT2D eigenvalue weighted by Crippen LogP contribution is 2.30. The number of nitrogens with zero attached hydrogens (tertiary/aromatic N) is 3. The zero-order valence-electron chi connectivity index (χ0n) is 15.7. The molecule has 6 heteroatoms. The number of rotatable bonds is 6. The van der Waals surface area contributed by atoms with Crippen molar-refractivity contribution in [1.29, 1.82) is 0 Å². The minimum atomic E-state index is -0.0678. The summed E-state index contributed by atoms with van der Waals surface area (Å²) in [6, 6.07) is 9.11. The minimum absolute atomic E-state index is 0.0678. The second kappa shape index (κ2) is 6.63. The molecule has 0 aliphatic rings. The number of carbonyl (C=O) groups is 1. The van der Waals surface area contributed by atoms with E-state index in [2.05, 4.69) is 15.2 Å². The van der Waals surface area contributed by atoms with E-state index in [1.807, 2.05) is 43.6 Å². The van der Waals surface area contributed by atoms with Gasteiger partial charge >= 0.3 is 0 Å². The van der Waals surface area contributed by atoms with Gasteiger partial charge in [-0.3, -0.25) is 14.0 Å². The fourth-order valence-electron chi connectivity index (χ4n) is 3.71. The molecule has 0 saturated heterocycles. The van der Waals surface area contributed by atoms with Gasteiger partial charge in [-0.1, -0.05) is 0 Å². The van der Waals surface area contributed by atoms with E-state index in [0.29, 0.717) is 16.3 Å². The predicted octanol–water partition coefficient (Wildman–Crippen LogP) is 2.92. The molecular formula is C21H22N4O2. The van der Waals surface area contributed by atoms with Crippen molar-refractivity contribution < 1.29 is 4.79 Å². The van der Waals surface area contributed by atoms with Gasteiger partial charge in [-0.05, 0) is 64.3 Å². The zero-order chi connectivity index (χ0) is 19.1. The van der Waals surface area contributed by atoms with Crippen LogP contribution in [0.15, 0.2) is 35.1 Å². The summed E-state index contributed by atoms with van der Waals surface area (Å²) in [5.41, 5.74) is 3.66. The topological polar surface area (TPSA) is 66.7 Å². The van der Waals surface area contributed by atoms with Crippen LogP contribution in [0.3, 0.4) is 0 Å². The van der Waals surface area contributed by atoms with Gasteiger partial charge in [0.1, 0.15) is 12.1 Å². The molecule has 4 aromatic rings. The molecule has 0 aliphatic heterocycles. The number of imidazole rings is 1. The Kier molecular flexibility index (Phi) is 4.28. The highest BCUT2D eigenvalue weighted by atomic mass is 16.1. The van der Waals surface area contributed by atoms with Crippen LogP contribution in [0.2, 0.25) is 0 Å². The van der Waals surface area contributed by atoms with Crippen molar-refractivity contribution in [2.75, 3.05) is 32.5 Å². The number of hydrogen-bond acceptors (Lipinski definition) is 5. The number of fused-ring (bicyclic) bond motifs is 2. The van der Waals surface area contributed by atoms with Crippen LogP contribution in [0, 0.1) is 6.92 Å². The zero-order valence-corrected chi connectivity index (χ0v) is 15.7. The van der Waals surface area contributed by atoms with Gasteiger partial charge in [0.25, 0.3) is 0 Å². The smallest absolute Gasteiger partial charge is 0.199 e. The van der Waals surface area contributed by atoms with Crippen molar-refractivity contribution in [2.24, 2.45) is 0 Å². The van der Waals surface area contributed by atoms with Gasteiger partial charge < -0.3 is 10.2 Å². The number of aromatic nitrogens is 2. The van der Waals surface area contributed by atoms with E-state index in [4.69, 9.17) is 0 Å². The van der Waals surface area contributed by atoms with Crippen LogP contribution < -0.4 is 10.7 Å². The molecule has 0 spiro atoms. The monoisotopic (exact) mass is 362 g/mol. The molecule has 2 heterocycles. The molecule has 2 aromatic heterocycles. The van der Waals surface area contributed by atoms with Crippen molar-refractivity contribution in [3.8, 4) is 0 Å². The number of anilines is 1. The Balaban J connectivity index is 1.96. The Morgan fingerprint density at radius 1 is 1.22 bits per heavy atom. The highest BCUT2D eigenvalue weighted by molar-refractivity contribution is 6.07.